The van der Waals surface area contributed by atoms with Crippen molar-refractivity contribution in [3.8, 4) is 5.75 Å². The molecule has 2 aromatic carbocycles. The molecule has 1 fully saturated rings. The molecule has 1 amide bonds. The Hall–Kier alpha value is -1.32. The van der Waals surface area contributed by atoms with Crippen LogP contribution in [0.25, 0.3) is 6.08 Å². The average molecular weight is 529 g/mol. The van der Waals surface area contributed by atoms with Crippen LogP contribution in [0.2, 0.25) is 0 Å². The number of phenols is 1. The number of amides is 1. The van der Waals surface area contributed by atoms with Gasteiger partial charge in [-0.05, 0) is 89.7 Å². The van der Waals surface area contributed by atoms with E-state index in [9.17, 15) is 9.90 Å². The van der Waals surface area contributed by atoms with Crippen LogP contribution in [0.15, 0.2) is 44.7 Å². The van der Waals surface area contributed by atoms with Gasteiger partial charge in [0, 0.05) is 10.0 Å². The number of carbonyl (C=O) groups excluding carboxylic acids is 1. The predicted octanol–water partition coefficient (Wildman–Crippen LogP) is 5.27. The number of aliphatic imine (C=N–C) groups is 1. The summed E-state index contributed by atoms with van der Waals surface area (Å²) in [6.07, 6.45) is 1.67. The molecule has 1 heterocycles. The third-order valence-corrected chi connectivity index (χ3v) is 5.62. The molecule has 0 radical (unpaired) electrons. The number of hydrogen-bond acceptors (Lipinski definition) is 4. The number of rotatable bonds is 2. The first-order valence-electron chi connectivity index (χ1n) is 7.38. The minimum absolute atomic E-state index is 0.157. The molecular formula is C18H14BrIN2O2S. The van der Waals surface area contributed by atoms with Crippen LogP contribution in [0.4, 0.5) is 5.69 Å². The van der Waals surface area contributed by atoms with Crippen molar-refractivity contribution in [2.75, 3.05) is 0 Å². The maximum absolute atomic E-state index is 12.2. The largest absolute Gasteiger partial charge is 0.506 e. The monoisotopic (exact) mass is 528 g/mol. The first kappa shape index (κ1) is 18.5. The maximum atomic E-state index is 12.2. The Kier molecular flexibility index (Phi) is 5.55. The molecule has 2 aromatic rings. The Morgan fingerprint density at radius 2 is 1.88 bits per heavy atom. The number of carbonyl (C=O) groups is 1. The number of halogens is 2. The highest BCUT2D eigenvalue weighted by Crippen LogP contribution is 2.34. The lowest BCUT2D eigenvalue weighted by Gasteiger charge is -2.03. The van der Waals surface area contributed by atoms with E-state index < -0.39 is 0 Å². The van der Waals surface area contributed by atoms with E-state index in [1.54, 1.807) is 12.1 Å². The van der Waals surface area contributed by atoms with Crippen molar-refractivity contribution in [3.05, 3.63) is 60.0 Å². The summed E-state index contributed by atoms with van der Waals surface area (Å²) in [4.78, 5) is 17.2. The van der Waals surface area contributed by atoms with Crippen LogP contribution < -0.4 is 5.32 Å². The molecule has 1 saturated heterocycles. The highest BCUT2D eigenvalue weighted by molar-refractivity contribution is 14.1. The zero-order valence-corrected chi connectivity index (χ0v) is 18.0. The SMILES string of the molecule is Cc1cc(C)cc(N=C2NC(=O)/C(=C/c3cc(Br)cc(I)c3O)S2)c1. The van der Waals surface area contributed by atoms with Gasteiger partial charge in [-0.1, -0.05) is 22.0 Å². The van der Waals surface area contributed by atoms with E-state index in [0.717, 1.165) is 21.3 Å². The van der Waals surface area contributed by atoms with Crippen LogP contribution in [0, 0.1) is 17.4 Å². The zero-order chi connectivity index (χ0) is 18.1. The van der Waals surface area contributed by atoms with E-state index in [0.29, 0.717) is 19.2 Å². The fraction of sp³-hybridized carbons (Fsp3) is 0.111. The normalized spacial score (nSPS) is 17.4. The average Bonchev–Trinajstić information content (AvgIpc) is 2.82. The number of benzene rings is 2. The number of nitrogens with one attached hydrogen (secondary N) is 1. The van der Waals surface area contributed by atoms with Crippen molar-refractivity contribution in [1.29, 1.82) is 0 Å². The molecule has 0 bridgehead atoms. The van der Waals surface area contributed by atoms with Gasteiger partial charge >= 0.3 is 0 Å². The van der Waals surface area contributed by atoms with Crippen molar-refractivity contribution in [1.82, 2.24) is 5.32 Å². The third-order valence-electron chi connectivity index (χ3n) is 3.43. The van der Waals surface area contributed by atoms with Crippen molar-refractivity contribution in [2.45, 2.75) is 13.8 Å². The number of aromatic hydroxyl groups is 1. The van der Waals surface area contributed by atoms with Crippen molar-refractivity contribution in [3.63, 3.8) is 0 Å². The molecule has 0 aliphatic carbocycles. The topological polar surface area (TPSA) is 61.7 Å². The molecule has 1 aliphatic heterocycles. The third kappa shape index (κ3) is 4.45. The summed E-state index contributed by atoms with van der Waals surface area (Å²) in [5, 5.41) is 13.5. The maximum Gasteiger partial charge on any atom is 0.264 e. The second-order valence-corrected chi connectivity index (χ2v) is 8.76. The van der Waals surface area contributed by atoms with E-state index >= 15 is 0 Å². The van der Waals surface area contributed by atoms with Gasteiger partial charge in [-0.25, -0.2) is 4.99 Å². The smallest absolute Gasteiger partial charge is 0.264 e. The number of nitrogens with zero attached hydrogens (tertiary/aromatic N) is 1. The lowest BCUT2D eigenvalue weighted by Crippen LogP contribution is -2.19. The van der Waals surface area contributed by atoms with Gasteiger partial charge in [-0.15, -0.1) is 0 Å². The van der Waals surface area contributed by atoms with Gasteiger partial charge in [-0.2, -0.15) is 0 Å². The number of aryl methyl sites for hydroxylation is 2. The van der Waals surface area contributed by atoms with Gasteiger partial charge in [0.05, 0.1) is 14.2 Å². The van der Waals surface area contributed by atoms with Crippen molar-refractivity contribution < 1.29 is 9.90 Å². The Balaban J connectivity index is 1.91. The number of thioether (sulfide) groups is 1. The van der Waals surface area contributed by atoms with Crippen LogP contribution in [-0.2, 0) is 4.79 Å². The van der Waals surface area contributed by atoms with Crippen LogP contribution in [0.3, 0.4) is 0 Å². The fourth-order valence-electron chi connectivity index (χ4n) is 2.45. The van der Waals surface area contributed by atoms with Gasteiger partial charge in [-0.3, -0.25) is 4.79 Å². The molecule has 0 saturated carbocycles. The van der Waals surface area contributed by atoms with Crippen molar-refractivity contribution in [2.24, 2.45) is 4.99 Å². The predicted molar refractivity (Wildman–Crippen MR) is 115 cm³/mol. The van der Waals surface area contributed by atoms with E-state index in [1.807, 2.05) is 32.0 Å². The summed E-state index contributed by atoms with van der Waals surface area (Å²) in [5.74, 6) is -0.0630. The quantitative estimate of drug-likeness (QED) is 0.412. The first-order valence-corrected chi connectivity index (χ1v) is 10.1. The van der Waals surface area contributed by atoms with E-state index in [2.05, 4.69) is 54.9 Å². The molecule has 128 valence electrons. The van der Waals surface area contributed by atoms with Crippen LogP contribution in [-0.4, -0.2) is 16.2 Å². The molecule has 7 heteroatoms. The molecular weight excluding hydrogens is 515 g/mol. The van der Waals surface area contributed by atoms with Gasteiger partial charge < -0.3 is 10.4 Å². The second-order valence-electron chi connectivity index (χ2n) is 5.65. The minimum Gasteiger partial charge on any atom is -0.506 e. The molecule has 0 aromatic heterocycles. The first-order chi connectivity index (χ1) is 11.8. The zero-order valence-electron chi connectivity index (χ0n) is 13.4. The summed E-state index contributed by atoms with van der Waals surface area (Å²) in [6, 6.07) is 9.60. The summed E-state index contributed by atoms with van der Waals surface area (Å²) in [5.41, 5.74) is 3.64. The number of phenolic OH excluding ortho intramolecular Hbond substituents is 1. The standard InChI is InChI=1S/C18H14BrIN2O2S/c1-9-3-10(2)5-13(4-9)21-18-22-17(24)15(25-18)7-11-6-12(19)8-14(20)16(11)23/h3-8,23H,1-2H3,(H,21,22,24)/b15-7-. The summed E-state index contributed by atoms with van der Waals surface area (Å²) in [6.45, 7) is 4.03. The molecule has 4 nitrogen and oxygen atoms in total. The van der Waals surface area contributed by atoms with Gasteiger partial charge in [0.2, 0.25) is 0 Å². The molecule has 2 N–H and O–H groups in total. The number of hydrogen-bond donors (Lipinski definition) is 2. The molecule has 0 atom stereocenters. The van der Waals surface area contributed by atoms with E-state index in [1.165, 1.54) is 11.8 Å². The number of amidine groups is 1. The second kappa shape index (κ2) is 7.51. The Bertz CT molecular complexity index is 921. The Morgan fingerprint density at radius 1 is 1.20 bits per heavy atom. The van der Waals surface area contributed by atoms with E-state index in [4.69, 9.17) is 0 Å². The lowest BCUT2D eigenvalue weighted by atomic mass is 10.1. The molecule has 0 unspecified atom stereocenters. The van der Waals surface area contributed by atoms with Gasteiger partial charge in [0.15, 0.2) is 5.17 Å². The molecule has 1 aliphatic rings. The van der Waals surface area contributed by atoms with Crippen molar-refractivity contribution >= 4 is 73.1 Å². The van der Waals surface area contributed by atoms with Crippen LogP contribution in [0.5, 0.6) is 5.75 Å². The minimum atomic E-state index is -0.220. The molecule has 3 rings (SSSR count). The highest BCUT2D eigenvalue weighted by Gasteiger charge is 2.24. The van der Waals surface area contributed by atoms with E-state index in [-0.39, 0.29) is 11.7 Å². The van der Waals surface area contributed by atoms with Crippen LogP contribution in [0.1, 0.15) is 16.7 Å². The van der Waals surface area contributed by atoms with Crippen LogP contribution >= 0.6 is 50.3 Å². The Morgan fingerprint density at radius 3 is 2.56 bits per heavy atom. The Labute approximate surface area is 172 Å². The van der Waals surface area contributed by atoms with Gasteiger partial charge in [0.1, 0.15) is 5.75 Å². The van der Waals surface area contributed by atoms with Gasteiger partial charge in [0.25, 0.3) is 5.91 Å². The molecule has 0 spiro atoms. The lowest BCUT2D eigenvalue weighted by molar-refractivity contribution is -0.115. The summed E-state index contributed by atoms with van der Waals surface area (Å²) in [7, 11) is 0. The highest BCUT2D eigenvalue weighted by atomic mass is 127. The molecule has 25 heavy (non-hydrogen) atoms. The summed E-state index contributed by atoms with van der Waals surface area (Å²) >= 11 is 6.72. The fourth-order valence-corrected chi connectivity index (χ4v) is 4.83. The summed E-state index contributed by atoms with van der Waals surface area (Å²) < 4.78 is 1.56.